The molecular formula is C16H21N3O. The second kappa shape index (κ2) is 5.67. The Morgan fingerprint density at radius 2 is 2.35 bits per heavy atom. The fraction of sp³-hybridized carbons (Fsp3) is 0.438. The second-order valence-corrected chi connectivity index (χ2v) is 5.76. The highest BCUT2D eigenvalue weighted by atomic mass is 16.1. The molecule has 2 N–H and O–H groups in total. The van der Waals surface area contributed by atoms with Gasteiger partial charge in [0.2, 0.25) is 0 Å². The second-order valence-electron chi connectivity index (χ2n) is 5.76. The summed E-state index contributed by atoms with van der Waals surface area (Å²) >= 11 is 0. The number of likely N-dealkylation sites (tertiary alicyclic amines) is 1. The maximum absolute atomic E-state index is 12.2. The fourth-order valence-electron chi connectivity index (χ4n) is 2.97. The topological polar surface area (TPSA) is 48.1 Å². The number of hydrogen-bond acceptors (Lipinski definition) is 2. The van der Waals surface area contributed by atoms with Crippen LogP contribution in [0.4, 0.5) is 0 Å². The van der Waals surface area contributed by atoms with Crippen molar-refractivity contribution in [1.29, 1.82) is 0 Å². The molecule has 1 aromatic carbocycles. The third kappa shape index (κ3) is 2.85. The smallest absolute Gasteiger partial charge is 0.251 e. The number of aromatic amines is 1. The number of nitrogens with one attached hydrogen (secondary N) is 2. The van der Waals surface area contributed by atoms with Crippen LogP contribution in [-0.4, -0.2) is 42.5 Å². The number of aromatic nitrogens is 1. The molecule has 1 fully saturated rings. The first-order chi connectivity index (χ1) is 9.72. The normalized spacial score (nSPS) is 20.1. The van der Waals surface area contributed by atoms with Crippen molar-refractivity contribution >= 4 is 16.8 Å². The van der Waals surface area contributed by atoms with E-state index in [1.807, 2.05) is 30.5 Å². The monoisotopic (exact) mass is 271 g/mol. The molecule has 1 aliphatic heterocycles. The summed E-state index contributed by atoms with van der Waals surface area (Å²) in [7, 11) is 2.15. The number of amides is 1. The van der Waals surface area contributed by atoms with Gasteiger partial charge in [0.15, 0.2) is 0 Å². The largest absolute Gasteiger partial charge is 0.361 e. The van der Waals surface area contributed by atoms with Crippen LogP contribution in [0.5, 0.6) is 0 Å². The quantitative estimate of drug-likeness (QED) is 0.899. The van der Waals surface area contributed by atoms with Gasteiger partial charge in [-0.25, -0.2) is 0 Å². The Bertz CT molecular complexity index is 605. The van der Waals surface area contributed by atoms with Gasteiger partial charge in [0.1, 0.15) is 0 Å². The van der Waals surface area contributed by atoms with E-state index in [9.17, 15) is 4.79 Å². The summed E-state index contributed by atoms with van der Waals surface area (Å²) in [6, 6.07) is 7.79. The fourth-order valence-corrected chi connectivity index (χ4v) is 2.97. The Hall–Kier alpha value is -1.81. The number of fused-ring (bicyclic) bond motifs is 1. The Morgan fingerprint density at radius 1 is 1.45 bits per heavy atom. The van der Waals surface area contributed by atoms with Crippen LogP contribution in [-0.2, 0) is 0 Å². The van der Waals surface area contributed by atoms with Crippen LogP contribution in [0.15, 0.2) is 30.5 Å². The molecule has 1 atom stereocenters. The van der Waals surface area contributed by atoms with Crippen molar-refractivity contribution in [2.75, 3.05) is 26.7 Å². The van der Waals surface area contributed by atoms with Gasteiger partial charge in [-0.3, -0.25) is 4.79 Å². The zero-order valence-electron chi connectivity index (χ0n) is 11.9. The van der Waals surface area contributed by atoms with Gasteiger partial charge >= 0.3 is 0 Å². The Balaban J connectivity index is 1.60. The summed E-state index contributed by atoms with van der Waals surface area (Å²) in [6.07, 6.45) is 4.33. The highest BCUT2D eigenvalue weighted by Crippen LogP contribution is 2.16. The van der Waals surface area contributed by atoms with Crippen LogP contribution in [0.3, 0.4) is 0 Å². The molecule has 0 bridgehead atoms. The van der Waals surface area contributed by atoms with E-state index in [1.54, 1.807) is 0 Å². The van der Waals surface area contributed by atoms with Gasteiger partial charge in [-0.15, -0.1) is 0 Å². The molecule has 0 spiro atoms. The van der Waals surface area contributed by atoms with E-state index in [0.717, 1.165) is 29.6 Å². The average Bonchev–Trinajstić information content (AvgIpc) is 2.92. The van der Waals surface area contributed by atoms with E-state index >= 15 is 0 Å². The third-order valence-electron chi connectivity index (χ3n) is 4.09. The van der Waals surface area contributed by atoms with Crippen molar-refractivity contribution in [2.45, 2.75) is 12.8 Å². The summed E-state index contributed by atoms with van der Waals surface area (Å²) < 4.78 is 0. The predicted octanol–water partition coefficient (Wildman–Crippen LogP) is 2.24. The van der Waals surface area contributed by atoms with E-state index in [1.165, 1.54) is 19.4 Å². The van der Waals surface area contributed by atoms with Crippen molar-refractivity contribution in [2.24, 2.45) is 5.92 Å². The Labute approximate surface area is 119 Å². The molecule has 1 aromatic heterocycles. The number of carbonyl (C=O) groups excluding carboxylic acids is 1. The third-order valence-corrected chi connectivity index (χ3v) is 4.09. The lowest BCUT2D eigenvalue weighted by atomic mass is 9.98. The van der Waals surface area contributed by atoms with Crippen LogP contribution < -0.4 is 5.32 Å². The van der Waals surface area contributed by atoms with Crippen molar-refractivity contribution in [3.05, 3.63) is 36.0 Å². The van der Waals surface area contributed by atoms with Crippen molar-refractivity contribution < 1.29 is 4.79 Å². The molecule has 1 amide bonds. The number of carbonyl (C=O) groups is 1. The molecule has 1 aliphatic rings. The molecule has 20 heavy (non-hydrogen) atoms. The molecule has 1 saturated heterocycles. The molecule has 2 heterocycles. The molecule has 0 radical (unpaired) electrons. The van der Waals surface area contributed by atoms with Crippen molar-refractivity contribution in [3.63, 3.8) is 0 Å². The van der Waals surface area contributed by atoms with Gasteiger partial charge in [-0.05, 0) is 55.9 Å². The minimum Gasteiger partial charge on any atom is -0.361 e. The van der Waals surface area contributed by atoms with Gasteiger partial charge in [-0.2, -0.15) is 0 Å². The summed E-state index contributed by atoms with van der Waals surface area (Å²) in [4.78, 5) is 17.7. The summed E-state index contributed by atoms with van der Waals surface area (Å²) in [5.41, 5.74) is 1.74. The summed E-state index contributed by atoms with van der Waals surface area (Å²) in [5.74, 6) is 0.599. The minimum absolute atomic E-state index is 0.0229. The van der Waals surface area contributed by atoms with E-state index in [0.29, 0.717) is 5.92 Å². The van der Waals surface area contributed by atoms with Gasteiger partial charge in [0.05, 0.1) is 0 Å². The van der Waals surface area contributed by atoms with E-state index in [-0.39, 0.29) is 5.91 Å². The van der Waals surface area contributed by atoms with Crippen LogP contribution >= 0.6 is 0 Å². The molecule has 3 rings (SSSR count). The Kier molecular flexibility index (Phi) is 3.74. The van der Waals surface area contributed by atoms with Crippen molar-refractivity contribution in [3.8, 4) is 0 Å². The maximum atomic E-state index is 12.2. The first kappa shape index (κ1) is 13.2. The molecule has 2 aromatic rings. The first-order valence-electron chi connectivity index (χ1n) is 7.26. The van der Waals surface area contributed by atoms with Crippen molar-refractivity contribution in [1.82, 2.24) is 15.2 Å². The van der Waals surface area contributed by atoms with Crippen LogP contribution in [0.2, 0.25) is 0 Å². The maximum Gasteiger partial charge on any atom is 0.251 e. The van der Waals surface area contributed by atoms with Crippen LogP contribution in [0, 0.1) is 5.92 Å². The van der Waals surface area contributed by atoms with Crippen LogP contribution in [0.25, 0.3) is 10.9 Å². The number of piperidine rings is 1. The van der Waals surface area contributed by atoms with Gasteiger partial charge in [-0.1, -0.05) is 6.07 Å². The van der Waals surface area contributed by atoms with E-state index in [4.69, 9.17) is 0 Å². The minimum atomic E-state index is 0.0229. The van der Waals surface area contributed by atoms with E-state index in [2.05, 4.69) is 22.2 Å². The molecule has 0 aliphatic carbocycles. The predicted molar refractivity (Wildman–Crippen MR) is 80.9 cm³/mol. The zero-order valence-corrected chi connectivity index (χ0v) is 11.9. The average molecular weight is 271 g/mol. The number of nitrogens with zero attached hydrogens (tertiary/aromatic N) is 1. The SMILES string of the molecule is CN1CCCC(CNC(=O)c2ccc3cc[nH]c3c2)C1. The van der Waals surface area contributed by atoms with Gasteiger partial charge < -0.3 is 15.2 Å². The first-order valence-corrected chi connectivity index (χ1v) is 7.26. The lowest BCUT2D eigenvalue weighted by Gasteiger charge is -2.29. The highest BCUT2D eigenvalue weighted by Gasteiger charge is 2.18. The molecule has 4 nitrogen and oxygen atoms in total. The van der Waals surface area contributed by atoms with E-state index < -0.39 is 0 Å². The number of benzene rings is 1. The molecule has 0 saturated carbocycles. The summed E-state index contributed by atoms with van der Waals surface area (Å²) in [6.45, 7) is 3.02. The van der Waals surface area contributed by atoms with Gasteiger partial charge in [0, 0.05) is 30.4 Å². The number of rotatable bonds is 3. The lowest BCUT2D eigenvalue weighted by Crippen LogP contribution is -2.39. The van der Waals surface area contributed by atoms with Crippen LogP contribution in [0.1, 0.15) is 23.2 Å². The molecular weight excluding hydrogens is 250 g/mol. The lowest BCUT2D eigenvalue weighted by molar-refractivity contribution is 0.0937. The summed E-state index contributed by atoms with van der Waals surface area (Å²) in [5, 5.41) is 4.20. The number of hydrogen-bond donors (Lipinski definition) is 2. The Morgan fingerprint density at radius 3 is 3.20 bits per heavy atom. The zero-order chi connectivity index (χ0) is 13.9. The molecule has 106 valence electrons. The highest BCUT2D eigenvalue weighted by molar-refractivity contribution is 5.97. The molecule has 1 unspecified atom stereocenters. The molecule has 4 heteroatoms. The van der Waals surface area contributed by atoms with Gasteiger partial charge in [0.25, 0.3) is 5.91 Å². The number of H-pyrrole nitrogens is 1. The standard InChI is InChI=1S/C16H21N3O/c1-19-8-2-3-12(11-19)10-18-16(20)14-5-4-13-6-7-17-15(13)9-14/h4-7,9,12,17H,2-3,8,10-11H2,1H3,(H,18,20).